The van der Waals surface area contributed by atoms with Gasteiger partial charge in [-0.1, -0.05) is 74.6 Å². The maximum atomic E-state index is 12.6. The molecule has 220 valence electrons. The Morgan fingerprint density at radius 1 is 0.950 bits per heavy atom. The molecule has 2 atom stereocenters. The van der Waals surface area contributed by atoms with Crippen molar-refractivity contribution in [3.05, 3.63) is 71.3 Å². The van der Waals surface area contributed by atoms with Gasteiger partial charge in [0.2, 0.25) is 11.8 Å². The van der Waals surface area contributed by atoms with Gasteiger partial charge < -0.3 is 16.0 Å². The zero-order valence-corrected chi connectivity index (χ0v) is 25.6. The Bertz CT molecular complexity index is 1020. The second kappa shape index (κ2) is 21.0. The molecule has 2 rings (SSSR count). The molecule has 0 saturated heterocycles. The SMILES string of the molecule is CCC=CCC=CCC=CCC=CCC=CCCCC(=O)N[C@@H](C)C(=O)Nc1nc2c(s1)C[C@H](NCCC)CC2. The van der Waals surface area contributed by atoms with Gasteiger partial charge in [0.15, 0.2) is 5.13 Å². The molecule has 3 N–H and O–H groups in total. The van der Waals surface area contributed by atoms with E-state index >= 15 is 0 Å². The Morgan fingerprint density at radius 3 is 2.20 bits per heavy atom. The molecule has 40 heavy (non-hydrogen) atoms. The average molecular weight is 567 g/mol. The molecule has 0 spiro atoms. The van der Waals surface area contributed by atoms with Crippen LogP contribution < -0.4 is 16.0 Å². The summed E-state index contributed by atoms with van der Waals surface area (Å²) in [5.41, 5.74) is 1.10. The summed E-state index contributed by atoms with van der Waals surface area (Å²) in [7, 11) is 0. The highest BCUT2D eigenvalue weighted by Crippen LogP contribution is 2.30. The molecule has 1 aliphatic rings. The lowest BCUT2D eigenvalue weighted by Crippen LogP contribution is -2.41. The number of carbonyl (C=O) groups excluding carboxylic acids is 2. The number of fused-ring (bicyclic) bond motifs is 1. The summed E-state index contributed by atoms with van der Waals surface area (Å²) in [6.45, 7) is 7.07. The third kappa shape index (κ3) is 14.6. The maximum Gasteiger partial charge on any atom is 0.248 e. The highest BCUT2D eigenvalue weighted by molar-refractivity contribution is 7.15. The predicted octanol–water partition coefficient (Wildman–Crippen LogP) is 7.36. The van der Waals surface area contributed by atoms with E-state index in [2.05, 4.69) is 95.5 Å². The zero-order chi connectivity index (χ0) is 28.8. The van der Waals surface area contributed by atoms with Crippen molar-refractivity contribution in [1.29, 1.82) is 0 Å². The number of nitrogens with zero attached hydrogens (tertiary/aromatic N) is 1. The Labute approximate surface area is 246 Å². The van der Waals surface area contributed by atoms with Crippen LogP contribution in [0.3, 0.4) is 0 Å². The Morgan fingerprint density at radius 2 is 1.57 bits per heavy atom. The number of hydrogen-bond donors (Lipinski definition) is 3. The fraction of sp³-hybridized carbons (Fsp3) is 0.545. The first kappa shape index (κ1) is 33.4. The van der Waals surface area contributed by atoms with Gasteiger partial charge in [0, 0.05) is 17.3 Å². The lowest BCUT2D eigenvalue weighted by molar-refractivity contribution is -0.126. The first-order valence-electron chi connectivity index (χ1n) is 15.1. The second-order valence-corrected chi connectivity index (χ2v) is 11.2. The number of carbonyl (C=O) groups is 2. The predicted molar refractivity (Wildman–Crippen MR) is 171 cm³/mol. The van der Waals surface area contributed by atoms with Crippen molar-refractivity contribution in [2.75, 3.05) is 11.9 Å². The topological polar surface area (TPSA) is 83.1 Å². The fourth-order valence-electron chi connectivity index (χ4n) is 4.29. The molecular weight excluding hydrogens is 516 g/mol. The molecule has 2 amide bonds. The van der Waals surface area contributed by atoms with E-state index < -0.39 is 6.04 Å². The quantitative estimate of drug-likeness (QED) is 0.121. The minimum atomic E-state index is -0.596. The van der Waals surface area contributed by atoms with E-state index in [0.29, 0.717) is 17.6 Å². The molecule has 0 aliphatic heterocycles. The van der Waals surface area contributed by atoms with Gasteiger partial charge in [0.05, 0.1) is 5.69 Å². The smallest absolute Gasteiger partial charge is 0.248 e. The van der Waals surface area contributed by atoms with Crippen LogP contribution in [0.4, 0.5) is 5.13 Å². The molecule has 0 saturated carbocycles. The molecule has 0 radical (unpaired) electrons. The number of allylic oxidation sites excluding steroid dienone is 10. The maximum absolute atomic E-state index is 12.6. The van der Waals surface area contributed by atoms with E-state index in [9.17, 15) is 9.59 Å². The van der Waals surface area contributed by atoms with Crippen LogP contribution in [0.25, 0.3) is 0 Å². The normalized spacial score (nSPS) is 16.5. The van der Waals surface area contributed by atoms with E-state index in [-0.39, 0.29) is 11.8 Å². The lowest BCUT2D eigenvalue weighted by Gasteiger charge is -2.21. The summed E-state index contributed by atoms with van der Waals surface area (Å²) in [5.74, 6) is -0.323. The van der Waals surface area contributed by atoms with E-state index in [1.165, 1.54) is 4.88 Å². The van der Waals surface area contributed by atoms with E-state index in [0.717, 1.165) is 82.9 Å². The summed E-state index contributed by atoms with van der Waals surface area (Å²) in [6, 6.07) is -0.106. The standard InChI is InChI=1S/C33H50N4O2S/c1-4-6-7-8-9-10-11-12-13-14-15-16-17-18-19-20-21-22-31(38)35-27(3)32(39)37-33-36-29-24-23-28(34-25-5-2)26-30(29)40-33/h6-7,9-10,12-13,15-16,18-19,27-28,34H,4-5,8,11,14,17,20-26H2,1-3H3,(H,35,38)(H,36,37,39)/t27-,28+/m0/s1. The largest absolute Gasteiger partial charge is 0.345 e. The highest BCUT2D eigenvalue weighted by Gasteiger charge is 2.23. The van der Waals surface area contributed by atoms with E-state index in [4.69, 9.17) is 0 Å². The first-order valence-corrected chi connectivity index (χ1v) is 15.9. The van der Waals surface area contributed by atoms with E-state index in [1.807, 2.05) is 0 Å². The molecule has 0 bridgehead atoms. The number of amides is 2. The molecule has 1 aromatic rings. The minimum Gasteiger partial charge on any atom is -0.345 e. The lowest BCUT2D eigenvalue weighted by atomic mass is 9.98. The van der Waals surface area contributed by atoms with Crippen molar-refractivity contribution in [2.45, 2.75) is 110 Å². The Hall–Kier alpha value is -2.77. The third-order valence-corrected chi connectivity index (χ3v) is 7.59. The van der Waals surface area contributed by atoms with Gasteiger partial charge in [-0.05, 0) is 84.1 Å². The van der Waals surface area contributed by atoms with Crippen LogP contribution in [0, 0.1) is 0 Å². The van der Waals surface area contributed by atoms with Crippen molar-refractivity contribution in [2.24, 2.45) is 0 Å². The number of thiazole rings is 1. The van der Waals surface area contributed by atoms with Crippen LogP contribution in [0.15, 0.2) is 60.8 Å². The molecule has 6 nitrogen and oxygen atoms in total. The van der Waals surface area contributed by atoms with Crippen LogP contribution >= 0.6 is 11.3 Å². The van der Waals surface area contributed by atoms with Crippen molar-refractivity contribution in [3.8, 4) is 0 Å². The number of aryl methyl sites for hydroxylation is 1. The number of aromatic nitrogens is 1. The van der Waals surface area contributed by atoms with Gasteiger partial charge >= 0.3 is 0 Å². The Kier molecular flexibility index (Phi) is 17.6. The van der Waals surface area contributed by atoms with Gasteiger partial charge in [-0.15, -0.1) is 11.3 Å². The van der Waals surface area contributed by atoms with Crippen LogP contribution in [-0.4, -0.2) is 35.4 Å². The molecule has 1 aromatic heterocycles. The zero-order valence-electron chi connectivity index (χ0n) is 24.8. The summed E-state index contributed by atoms with van der Waals surface area (Å²) in [4.78, 5) is 30.8. The fourth-order valence-corrected chi connectivity index (χ4v) is 5.38. The first-order chi connectivity index (χ1) is 19.5. The van der Waals surface area contributed by atoms with Crippen LogP contribution in [0.1, 0.15) is 95.6 Å². The average Bonchev–Trinajstić information content (AvgIpc) is 3.35. The summed E-state index contributed by atoms with van der Waals surface area (Å²) >= 11 is 1.56. The number of anilines is 1. The highest BCUT2D eigenvalue weighted by atomic mass is 32.1. The summed E-state index contributed by atoms with van der Waals surface area (Å²) in [6.07, 6.45) is 32.9. The number of rotatable bonds is 19. The van der Waals surface area contributed by atoms with Gasteiger partial charge in [-0.25, -0.2) is 4.98 Å². The second-order valence-electron chi connectivity index (χ2n) is 10.2. The monoisotopic (exact) mass is 566 g/mol. The van der Waals surface area contributed by atoms with Crippen molar-refractivity contribution >= 4 is 28.3 Å². The summed E-state index contributed by atoms with van der Waals surface area (Å²) in [5, 5.41) is 9.92. The van der Waals surface area contributed by atoms with Crippen LogP contribution in [0.2, 0.25) is 0 Å². The van der Waals surface area contributed by atoms with Crippen molar-refractivity contribution < 1.29 is 9.59 Å². The van der Waals surface area contributed by atoms with Crippen LogP contribution in [0.5, 0.6) is 0 Å². The third-order valence-electron chi connectivity index (χ3n) is 6.56. The molecule has 1 heterocycles. The van der Waals surface area contributed by atoms with Gasteiger partial charge in [-0.3, -0.25) is 9.59 Å². The minimum absolute atomic E-state index is 0.0988. The molecule has 1 aliphatic carbocycles. The molecular formula is C33H50N4O2S. The molecule has 0 fully saturated rings. The number of hydrogen-bond acceptors (Lipinski definition) is 5. The number of nitrogens with one attached hydrogen (secondary N) is 3. The Balaban J connectivity index is 1.54. The molecule has 7 heteroatoms. The molecule has 0 aromatic carbocycles. The number of unbranched alkanes of at least 4 members (excludes halogenated alkanes) is 1. The van der Waals surface area contributed by atoms with Crippen molar-refractivity contribution in [3.63, 3.8) is 0 Å². The van der Waals surface area contributed by atoms with Gasteiger partial charge in [0.25, 0.3) is 0 Å². The van der Waals surface area contributed by atoms with Gasteiger partial charge in [-0.2, -0.15) is 0 Å². The molecule has 0 unspecified atom stereocenters. The van der Waals surface area contributed by atoms with Crippen LogP contribution in [-0.2, 0) is 22.4 Å². The van der Waals surface area contributed by atoms with Gasteiger partial charge in [0.1, 0.15) is 6.04 Å². The van der Waals surface area contributed by atoms with Crippen molar-refractivity contribution in [1.82, 2.24) is 15.6 Å². The van der Waals surface area contributed by atoms with E-state index in [1.54, 1.807) is 18.3 Å². The summed E-state index contributed by atoms with van der Waals surface area (Å²) < 4.78 is 0.